The van der Waals surface area contributed by atoms with E-state index in [1.165, 1.54) is 0 Å². The van der Waals surface area contributed by atoms with Crippen LogP contribution < -0.4 is 29.6 Å². The average molecular weight is 300 g/mol. The molecule has 0 saturated carbocycles. The summed E-state index contributed by atoms with van der Waals surface area (Å²) in [6.45, 7) is 0. The Bertz CT molecular complexity index is 31.7. The van der Waals surface area contributed by atoms with Gasteiger partial charge in [-0.05, 0) is 0 Å². The minimum atomic E-state index is -4.61. The van der Waals surface area contributed by atoms with Gasteiger partial charge < -0.3 is 75.4 Å². The number of rotatable bonds is 0. The van der Waals surface area contributed by atoms with Crippen molar-refractivity contribution in [2.45, 2.75) is 0 Å². The molecule has 0 radical (unpaired) electrons. The molecule has 0 aromatic heterocycles. The van der Waals surface area contributed by atoms with Gasteiger partial charge in [-0.15, -0.1) is 0 Å². The molecule has 0 fully saturated rings. The second kappa shape index (κ2) is 75.9. The molecule has 16 heavy (non-hydrogen) atoms. The van der Waals surface area contributed by atoms with Crippen LogP contribution in [0.15, 0.2) is 0 Å². The molecule has 14 nitrogen and oxygen atoms in total. The molecule has 0 aromatic rings. The van der Waals surface area contributed by atoms with E-state index in [1.54, 1.807) is 0 Å². The van der Waals surface area contributed by atoms with Crippen LogP contribution in [-0.4, -0.2) is 83.0 Å². The van der Waals surface area contributed by atoms with E-state index in [0.29, 0.717) is 0 Å². The van der Waals surface area contributed by atoms with Gasteiger partial charge in [-0.1, -0.05) is 0 Å². The maximum atomic E-state index is 7.33. The van der Waals surface area contributed by atoms with Crippen molar-refractivity contribution in [1.29, 1.82) is 0 Å². The topological polar surface area (TPSA) is 396 Å². The molecular formula is H25NaO14Si. The van der Waals surface area contributed by atoms with Gasteiger partial charge in [0.1, 0.15) is 0 Å². The fourth-order valence-electron chi connectivity index (χ4n) is 0. The van der Waals surface area contributed by atoms with Crippen molar-refractivity contribution in [3.63, 3.8) is 0 Å². The Morgan fingerprint density at radius 3 is 0.438 bits per heavy atom. The molecule has 0 rings (SSSR count). The van der Waals surface area contributed by atoms with Crippen LogP contribution in [0.5, 0.6) is 0 Å². The van der Waals surface area contributed by atoms with Crippen molar-refractivity contribution in [2.24, 2.45) is 0 Å². The van der Waals surface area contributed by atoms with Gasteiger partial charge in [-0.3, -0.25) is 0 Å². The Labute approximate surface area is 114 Å². The van der Waals surface area contributed by atoms with Gasteiger partial charge in [-0.2, -0.15) is 0 Å². The third-order valence-corrected chi connectivity index (χ3v) is 0. The molecular weight excluding hydrogens is 275 g/mol. The van der Waals surface area contributed by atoms with E-state index in [2.05, 4.69) is 0 Å². The normalized spacial score (nSPS) is 3.75. The summed E-state index contributed by atoms with van der Waals surface area (Å²) in [5, 5.41) is 0. The smallest absolute Gasteiger partial charge is 1.00 e. The van der Waals surface area contributed by atoms with Crippen LogP contribution in [0.3, 0.4) is 0 Å². The van der Waals surface area contributed by atoms with Crippen molar-refractivity contribution in [2.75, 3.05) is 0 Å². The maximum Gasteiger partial charge on any atom is 1.00 e. The molecule has 0 aliphatic heterocycles. The zero-order valence-corrected chi connectivity index (χ0v) is 11.3. The summed E-state index contributed by atoms with van der Waals surface area (Å²) in [7, 11) is -4.61. The van der Waals surface area contributed by atoms with Crippen molar-refractivity contribution >= 4 is 9.05 Å². The van der Waals surface area contributed by atoms with Gasteiger partial charge in [0.25, 0.3) is 0 Å². The summed E-state index contributed by atoms with van der Waals surface area (Å²) >= 11 is 0. The van der Waals surface area contributed by atoms with Crippen LogP contribution >= 0.6 is 0 Å². The summed E-state index contributed by atoms with van der Waals surface area (Å²) in [5.74, 6) is 0. The van der Waals surface area contributed by atoms with Crippen molar-refractivity contribution < 1.29 is 105 Å². The standard InChI is InChI=1S/Na.H4O4Si.10H2O.H/c;1-5(2,3)4;;;;;;;;;;;/h;1-4H;10*1H2;/q+1;;;;;;;;;;;;-1. The predicted octanol–water partition coefficient (Wildman–Crippen LogP) is -13.7. The first-order valence-electron chi connectivity index (χ1n) is 0.894. The largest absolute Gasteiger partial charge is 1.00 e. The van der Waals surface area contributed by atoms with Crippen LogP contribution in [0.2, 0.25) is 0 Å². The Morgan fingerprint density at radius 1 is 0.438 bits per heavy atom. The third kappa shape index (κ3) is 6340. The van der Waals surface area contributed by atoms with Gasteiger partial charge in [0.05, 0.1) is 0 Å². The van der Waals surface area contributed by atoms with E-state index >= 15 is 0 Å². The Morgan fingerprint density at radius 2 is 0.438 bits per heavy atom. The van der Waals surface area contributed by atoms with E-state index in [9.17, 15) is 0 Å². The van der Waals surface area contributed by atoms with E-state index < -0.39 is 9.05 Å². The van der Waals surface area contributed by atoms with Gasteiger partial charge in [-0.25, -0.2) is 0 Å². The summed E-state index contributed by atoms with van der Waals surface area (Å²) in [5.41, 5.74) is 0. The minimum absolute atomic E-state index is 0. The van der Waals surface area contributed by atoms with Gasteiger partial charge in [0.15, 0.2) is 0 Å². The average Bonchev–Trinajstić information content (AvgIpc) is 0.722. The summed E-state index contributed by atoms with van der Waals surface area (Å²) < 4.78 is 0. The molecule has 0 aliphatic carbocycles. The number of hydrogen-bond donors (Lipinski definition) is 4. The van der Waals surface area contributed by atoms with Crippen molar-refractivity contribution in [3.8, 4) is 0 Å². The first kappa shape index (κ1) is 188. The summed E-state index contributed by atoms with van der Waals surface area (Å²) in [6, 6.07) is 0. The van der Waals surface area contributed by atoms with Crippen LogP contribution in [0.1, 0.15) is 1.43 Å². The SMILES string of the molecule is O.O.O.O.O.O.O.O.O.O.O[Si](O)(O)O.[H-].[Na+]. The molecule has 0 amide bonds. The molecule has 24 N–H and O–H groups in total. The molecule has 0 spiro atoms. The third-order valence-electron chi connectivity index (χ3n) is 0. The van der Waals surface area contributed by atoms with Crippen LogP contribution in [0.4, 0.5) is 0 Å². The Kier molecular flexibility index (Phi) is 893. The number of hydrogen-bond acceptors (Lipinski definition) is 4. The molecule has 0 heterocycles. The first-order valence-corrected chi connectivity index (χ1v) is 2.68. The van der Waals surface area contributed by atoms with E-state index in [1.807, 2.05) is 0 Å². The molecule has 0 aliphatic rings. The molecule has 0 unspecified atom stereocenters. The zero-order valence-electron chi connectivity index (χ0n) is 9.29. The quantitative estimate of drug-likeness (QED) is 0.316. The fraction of sp³-hybridized carbons (Fsp3) is 0. The molecule has 0 atom stereocenters. The molecule has 0 bridgehead atoms. The molecule has 114 valence electrons. The first-order chi connectivity index (χ1) is 2.00. The maximum absolute atomic E-state index is 7.33. The second-order valence-electron chi connectivity index (χ2n) is 0.600. The van der Waals surface area contributed by atoms with Crippen LogP contribution in [-0.2, 0) is 0 Å². The Hall–Kier alpha value is 0.657. The Balaban J connectivity index is -0.00000000121. The van der Waals surface area contributed by atoms with Crippen LogP contribution in [0.25, 0.3) is 0 Å². The zero-order chi connectivity index (χ0) is 4.50. The van der Waals surface area contributed by atoms with Crippen molar-refractivity contribution in [3.05, 3.63) is 0 Å². The van der Waals surface area contributed by atoms with Gasteiger partial charge in [0, 0.05) is 0 Å². The van der Waals surface area contributed by atoms with Crippen molar-refractivity contribution in [1.82, 2.24) is 0 Å². The van der Waals surface area contributed by atoms with E-state index in [-0.39, 0.29) is 85.7 Å². The molecule has 0 aromatic carbocycles. The second-order valence-corrected chi connectivity index (χ2v) is 1.80. The monoisotopic (exact) mass is 300 g/mol. The summed E-state index contributed by atoms with van der Waals surface area (Å²) in [4.78, 5) is 29.3. The molecule has 16 heteroatoms. The molecule has 0 saturated heterocycles. The van der Waals surface area contributed by atoms with Gasteiger partial charge >= 0.3 is 38.6 Å². The van der Waals surface area contributed by atoms with E-state index in [0.717, 1.165) is 0 Å². The van der Waals surface area contributed by atoms with Gasteiger partial charge in [0.2, 0.25) is 0 Å². The van der Waals surface area contributed by atoms with Crippen LogP contribution in [0, 0.1) is 0 Å². The predicted molar refractivity (Wildman–Crippen MR) is 51.9 cm³/mol. The fourth-order valence-corrected chi connectivity index (χ4v) is 0. The van der Waals surface area contributed by atoms with E-state index in [4.69, 9.17) is 19.2 Å². The summed E-state index contributed by atoms with van der Waals surface area (Å²) in [6.07, 6.45) is 0. The minimum Gasteiger partial charge on any atom is -1.00 e.